The molecule has 0 heterocycles. The third-order valence-corrected chi connectivity index (χ3v) is 3.56. The van der Waals surface area contributed by atoms with Crippen LogP contribution in [0.1, 0.15) is 24.5 Å². The van der Waals surface area contributed by atoms with E-state index < -0.39 is 11.7 Å². The first-order valence-corrected chi connectivity index (χ1v) is 8.75. The van der Waals surface area contributed by atoms with Gasteiger partial charge in [0.15, 0.2) is 5.96 Å². The van der Waals surface area contributed by atoms with Gasteiger partial charge in [0.1, 0.15) is 5.75 Å². The Balaban J connectivity index is 0.00000729. The molecule has 0 spiro atoms. The minimum atomic E-state index is -4.47. The van der Waals surface area contributed by atoms with E-state index in [0.717, 1.165) is 12.5 Å². The second kappa shape index (κ2) is 14.7. The number of hydrogen-bond acceptors (Lipinski definition) is 4. The van der Waals surface area contributed by atoms with Gasteiger partial charge in [-0.25, -0.2) is 4.99 Å². The van der Waals surface area contributed by atoms with Gasteiger partial charge in [-0.2, -0.15) is 13.2 Å². The molecule has 0 aliphatic carbocycles. The molecule has 6 nitrogen and oxygen atoms in total. The average Bonchev–Trinajstić information content (AvgIpc) is 2.64. The van der Waals surface area contributed by atoms with Crippen LogP contribution in [0, 0.1) is 0 Å². The molecule has 2 N–H and O–H groups in total. The third-order valence-electron chi connectivity index (χ3n) is 3.56. The molecule has 0 aromatic heterocycles. The number of ether oxygens (including phenoxy) is 3. The molecule has 28 heavy (non-hydrogen) atoms. The van der Waals surface area contributed by atoms with E-state index in [1.54, 1.807) is 7.11 Å². The lowest BCUT2D eigenvalue weighted by Crippen LogP contribution is -2.38. The molecule has 0 saturated heterocycles. The number of benzene rings is 1. The highest BCUT2D eigenvalue weighted by Crippen LogP contribution is 2.34. The summed E-state index contributed by atoms with van der Waals surface area (Å²) in [7, 11) is 2.94. The van der Waals surface area contributed by atoms with Crippen LogP contribution in [-0.4, -0.2) is 53.1 Å². The molecule has 0 atom stereocenters. The summed E-state index contributed by atoms with van der Waals surface area (Å²) >= 11 is 0. The van der Waals surface area contributed by atoms with Gasteiger partial charge in [-0.05, 0) is 31.0 Å². The molecule has 0 amide bonds. The fourth-order valence-corrected chi connectivity index (χ4v) is 2.22. The van der Waals surface area contributed by atoms with Crippen molar-refractivity contribution in [2.75, 3.05) is 47.1 Å². The zero-order valence-electron chi connectivity index (χ0n) is 16.4. The highest BCUT2D eigenvalue weighted by Gasteiger charge is 2.33. The van der Waals surface area contributed by atoms with Crippen LogP contribution in [0.3, 0.4) is 0 Å². The van der Waals surface area contributed by atoms with E-state index in [1.807, 2.05) is 6.92 Å². The Bertz CT molecular complexity index is 587. The van der Waals surface area contributed by atoms with Crippen molar-refractivity contribution in [1.82, 2.24) is 10.6 Å². The molecule has 0 aliphatic heterocycles. The number of rotatable bonds is 11. The summed E-state index contributed by atoms with van der Waals surface area (Å²) in [5.41, 5.74) is -0.656. The van der Waals surface area contributed by atoms with Crippen LogP contribution in [0.2, 0.25) is 0 Å². The normalized spacial score (nSPS) is 11.7. The minimum absolute atomic E-state index is 0. The Morgan fingerprint density at radius 3 is 2.46 bits per heavy atom. The highest BCUT2D eigenvalue weighted by atomic mass is 127. The van der Waals surface area contributed by atoms with E-state index in [0.29, 0.717) is 38.9 Å². The molecule has 10 heteroatoms. The quantitative estimate of drug-likeness (QED) is 0.203. The standard InChI is InChI=1S/C18H28F3N3O3.HI/c1-4-22-17(23-8-5-9-27-11-10-25-2)24-13-14-6-7-15(26-3)12-16(14)18(19,20)21;/h6-7,12H,4-5,8-11,13H2,1-3H3,(H2,22,23,24);1H. The number of nitrogens with zero attached hydrogens (tertiary/aromatic N) is 1. The summed E-state index contributed by atoms with van der Waals surface area (Å²) in [5.74, 6) is 0.617. The van der Waals surface area contributed by atoms with E-state index >= 15 is 0 Å². The number of alkyl halides is 3. The summed E-state index contributed by atoms with van der Waals surface area (Å²) in [5, 5.41) is 6.10. The van der Waals surface area contributed by atoms with Gasteiger partial charge >= 0.3 is 6.18 Å². The SMILES string of the molecule is CCNC(=NCc1ccc(OC)cc1C(F)(F)F)NCCCOCCOC.I. The molecule has 0 radical (unpaired) electrons. The lowest BCUT2D eigenvalue weighted by Gasteiger charge is -2.15. The number of guanidine groups is 1. The molecular weight excluding hydrogens is 490 g/mol. The van der Waals surface area contributed by atoms with Crippen molar-refractivity contribution in [2.45, 2.75) is 26.1 Å². The van der Waals surface area contributed by atoms with Crippen molar-refractivity contribution in [1.29, 1.82) is 0 Å². The summed E-state index contributed by atoms with van der Waals surface area (Å²) in [6.07, 6.45) is -3.73. The van der Waals surface area contributed by atoms with Gasteiger partial charge in [-0.3, -0.25) is 0 Å². The van der Waals surface area contributed by atoms with Crippen molar-refractivity contribution >= 4 is 29.9 Å². The lowest BCUT2D eigenvalue weighted by atomic mass is 10.1. The van der Waals surface area contributed by atoms with E-state index in [-0.39, 0.29) is 41.8 Å². The van der Waals surface area contributed by atoms with E-state index in [1.165, 1.54) is 19.2 Å². The van der Waals surface area contributed by atoms with Crippen molar-refractivity contribution in [3.63, 3.8) is 0 Å². The van der Waals surface area contributed by atoms with Crippen LogP contribution in [0.5, 0.6) is 5.75 Å². The van der Waals surface area contributed by atoms with Crippen molar-refractivity contribution in [3.8, 4) is 5.75 Å². The largest absolute Gasteiger partial charge is 0.497 e. The summed E-state index contributed by atoms with van der Waals surface area (Å²) in [4.78, 5) is 4.25. The maximum absolute atomic E-state index is 13.3. The second-order valence-electron chi connectivity index (χ2n) is 5.60. The van der Waals surface area contributed by atoms with Crippen LogP contribution in [0.4, 0.5) is 13.2 Å². The Kier molecular flexibility index (Phi) is 14.0. The van der Waals surface area contributed by atoms with Crippen LogP contribution in [0.15, 0.2) is 23.2 Å². The highest BCUT2D eigenvalue weighted by molar-refractivity contribution is 14.0. The van der Waals surface area contributed by atoms with Crippen molar-refractivity contribution in [2.24, 2.45) is 4.99 Å². The van der Waals surface area contributed by atoms with Gasteiger partial charge in [-0.15, -0.1) is 24.0 Å². The third kappa shape index (κ3) is 10.3. The molecule has 162 valence electrons. The smallest absolute Gasteiger partial charge is 0.416 e. The second-order valence-corrected chi connectivity index (χ2v) is 5.60. The summed E-state index contributed by atoms with van der Waals surface area (Å²) in [6, 6.07) is 3.87. The molecule has 0 saturated carbocycles. The zero-order valence-corrected chi connectivity index (χ0v) is 18.7. The van der Waals surface area contributed by atoms with Gasteiger partial charge in [0.25, 0.3) is 0 Å². The summed E-state index contributed by atoms with van der Waals surface area (Å²) < 4.78 is 54.9. The van der Waals surface area contributed by atoms with Gasteiger partial charge < -0.3 is 24.8 Å². The molecule has 0 aliphatic rings. The molecule has 1 rings (SSSR count). The molecular formula is C18H29F3IN3O3. The first-order chi connectivity index (χ1) is 12.9. The monoisotopic (exact) mass is 519 g/mol. The van der Waals surface area contributed by atoms with Crippen molar-refractivity contribution in [3.05, 3.63) is 29.3 Å². The van der Waals surface area contributed by atoms with Gasteiger partial charge in [0.05, 0.1) is 32.4 Å². The number of halogens is 4. The van der Waals surface area contributed by atoms with E-state index in [9.17, 15) is 13.2 Å². The van der Waals surface area contributed by atoms with Crippen molar-refractivity contribution < 1.29 is 27.4 Å². The summed E-state index contributed by atoms with van der Waals surface area (Å²) in [6.45, 7) is 4.62. The molecule has 0 bridgehead atoms. The number of methoxy groups -OCH3 is 2. The Morgan fingerprint density at radius 2 is 1.86 bits per heavy atom. The number of aliphatic imine (C=N–C) groups is 1. The first kappa shape index (κ1) is 26.7. The Morgan fingerprint density at radius 1 is 1.11 bits per heavy atom. The van der Waals surface area contributed by atoms with Gasteiger partial charge in [0, 0.05) is 26.8 Å². The van der Waals surface area contributed by atoms with E-state index in [2.05, 4.69) is 15.6 Å². The molecule has 0 unspecified atom stereocenters. The van der Waals surface area contributed by atoms with E-state index in [4.69, 9.17) is 14.2 Å². The zero-order chi connectivity index (χ0) is 20.1. The van der Waals surface area contributed by atoms with Crippen LogP contribution in [0.25, 0.3) is 0 Å². The van der Waals surface area contributed by atoms with Crippen LogP contribution < -0.4 is 15.4 Å². The van der Waals surface area contributed by atoms with Crippen LogP contribution in [-0.2, 0) is 22.2 Å². The molecule has 0 fully saturated rings. The van der Waals surface area contributed by atoms with Crippen LogP contribution >= 0.6 is 24.0 Å². The van der Waals surface area contributed by atoms with Gasteiger partial charge in [0.2, 0.25) is 0 Å². The maximum Gasteiger partial charge on any atom is 0.416 e. The van der Waals surface area contributed by atoms with Gasteiger partial charge in [-0.1, -0.05) is 6.07 Å². The molecule has 1 aromatic rings. The topological polar surface area (TPSA) is 64.1 Å². The maximum atomic E-state index is 13.3. The fraction of sp³-hybridized carbons (Fsp3) is 0.611. The Labute approximate surface area is 181 Å². The predicted octanol–water partition coefficient (Wildman–Crippen LogP) is 3.44. The fourth-order valence-electron chi connectivity index (χ4n) is 2.22. The minimum Gasteiger partial charge on any atom is -0.497 e. The Hall–Kier alpha value is -1.27. The number of hydrogen-bond donors (Lipinski definition) is 2. The first-order valence-electron chi connectivity index (χ1n) is 8.75. The average molecular weight is 519 g/mol. The molecule has 1 aromatic carbocycles. The lowest BCUT2D eigenvalue weighted by molar-refractivity contribution is -0.138. The predicted molar refractivity (Wildman–Crippen MR) is 114 cm³/mol. The number of nitrogens with one attached hydrogen (secondary N) is 2.